The van der Waals surface area contributed by atoms with Crippen LogP contribution in [0.3, 0.4) is 0 Å². The van der Waals surface area contributed by atoms with E-state index >= 15 is 0 Å². The van der Waals surface area contributed by atoms with Gasteiger partial charge in [0.15, 0.2) is 0 Å². The highest BCUT2D eigenvalue weighted by molar-refractivity contribution is 6.31. The predicted octanol–water partition coefficient (Wildman–Crippen LogP) is 5.03. The van der Waals surface area contributed by atoms with Gasteiger partial charge in [0.25, 0.3) is 0 Å². The summed E-state index contributed by atoms with van der Waals surface area (Å²) in [6.45, 7) is 12.7. The van der Waals surface area contributed by atoms with Gasteiger partial charge in [-0.15, -0.1) is 0 Å². The monoisotopic (exact) mass is 321 g/mol. The second-order valence-electron chi connectivity index (χ2n) is 5.63. The Hall–Kier alpha value is -1.74. The van der Waals surface area contributed by atoms with Crippen molar-refractivity contribution in [3.8, 4) is 0 Å². The molecule has 0 radical (unpaired) electrons. The fourth-order valence-electron chi connectivity index (χ4n) is 2.21. The molecule has 120 valence electrons. The maximum Gasteiger partial charge on any atom is 0.354 e. The van der Waals surface area contributed by atoms with Gasteiger partial charge in [-0.05, 0) is 43.1 Å². The molecule has 0 aliphatic heterocycles. The highest BCUT2D eigenvalue weighted by Gasteiger charge is 2.17. The van der Waals surface area contributed by atoms with E-state index in [1.54, 1.807) is 0 Å². The van der Waals surface area contributed by atoms with Crippen molar-refractivity contribution in [3.05, 3.63) is 52.9 Å². The molecule has 0 fully saturated rings. The minimum atomic E-state index is -0.339. The molecule has 22 heavy (non-hydrogen) atoms. The molecule has 0 aromatic carbocycles. The number of hydrogen-bond acceptors (Lipinski definition) is 2. The molecule has 0 N–H and O–H groups in total. The number of methoxy groups -OCH3 is 1. The lowest BCUT2D eigenvalue weighted by molar-refractivity contribution is 0.0587. The van der Waals surface area contributed by atoms with Crippen LogP contribution in [0.5, 0.6) is 0 Å². The lowest BCUT2D eigenvalue weighted by atomic mass is 10.0. The highest BCUT2D eigenvalue weighted by Crippen LogP contribution is 2.27. The summed E-state index contributed by atoms with van der Waals surface area (Å²) in [6, 6.07) is 1.84. The summed E-state index contributed by atoms with van der Waals surface area (Å²) >= 11 is 5.95. The topological polar surface area (TPSA) is 31.2 Å². The molecule has 1 heterocycles. The van der Waals surface area contributed by atoms with Crippen LogP contribution in [0.1, 0.15) is 43.7 Å². The Labute approximate surface area is 137 Å². The first kappa shape index (κ1) is 18.3. The third-order valence-electron chi connectivity index (χ3n) is 3.32. The van der Waals surface area contributed by atoms with Crippen molar-refractivity contribution in [2.24, 2.45) is 5.92 Å². The molecular weight excluding hydrogens is 298 g/mol. The molecule has 0 bridgehead atoms. The van der Waals surface area contributed by atoms with Crippen LogP contribution in [-0.4, -0.2) is 17.6 Å². The number of aromatic nitrogens is 1. The summed E-state index contributed by atoms with van der Waals surface area (Å²) in [5.74, 6) is 0.0796. The molecule has 4 heteroatoms. The molecule has 1 aromatic rings. The van der Waals surface area contributed by atoms with Gasteiger partial charge in [0, 0.05) is 23.3 Å². The number of rotatable bonds is 6. The molecule has 0 atom stereocenters. The summed E-state index contributed by atoms with van der Waals surface area (Å²) < 4.78 is 6.81. The van der Waals surface area contributed by atoms with Crippen molar-refractivity contribution >= 4 is 23.1 Å². The average molecular weight is 322 g/mol. The highest BCUT2D eigenvalue weighted by atomic mass is 35.5. The van der Waals surface area contributed by atoms with Crippen molar-refractivity contribution in [3.63, 3.8) is 0 Å². The van der Waals surface area contributed by atoms with Crippen LogP contribution in [0.2, 0.25) is 0 Å². The second-order valence-corrected chi connectivity index (χ2v) is 6.11. The molecule has 0 amide bonds. The van der Waals surface area contributed by atoms with E-state index in [1.807, 2.05) is 42.8 Å². The Morgan fingerprint density at radius 2 is 2.14 bits per heavy atom. The Morgan fingerprint density at radius 3 is 2.59 bits per heavy atom. The van der Waals surface area contributed by atoms with Crippen LogP contribution in [0.25, 0.3) is 5.57 Å². The maximum atomic E-state index is 12.0. The van der Waals surface area contributed by atoms with Crippen LogP contribution >= 0.6 is 11.6 Å². The van der Waals surface area contributed by atoms with Crippen LogP contribution in [-0.2, 0) is 11.3 Å². The van der Waals surface area contributed by atoms with Crippen molar-refractivity contribution < 1.29 is 9.53 Å². The molecule has 0 aliphatic carbocycles. The number of hydrogen-bond donors (Lipinski definition) is 0. The molecule has 0 unspecified atom stereocenters. The van der Waals surface area contributed by atoms with E-state index in [0.29, 0.717) is 16.6 Å². The fourth-order valence-corrected chi connectivity index (χ4v) is 2.32. The zero-order chi connectivity index (χ0) is 16.9. The Balaban J connectivity index is 3.43. The Bertz CT molecular complexity index is 621. The molecule has 1 rings (SSSR count). The smallest absolute Gasteiger partial charge is 0.354 e. The largest absolute Gasteiger partial charge is 0.464 e. The average Bonchev–Trinajstić information content (AvgIpc) is 2.85. The Morgan fingerprint density at radius 1 is 1.50 bits per heavy atom. The number of halogens is 1. The van der Waals surface area contributed by atoms with Gasteiger partial charge in [0.1, 0.15) is 5.69 Å². The van der Waals surface area contributed by atoms with Gasteiger partial charge < -0.3 is 9.30 Å². The van der Waals surface area contributed by atoms with E-state index in [0.717, 1.165) is 23.3 Å². The zero-order valence-corrected chi connectivity index (χ0v) is 14.7. The van der Waals surface area contributed by atoms with E-state index in [4.69, 9.17) is 16.3 Å². The van der Waals surface area contributed by atoms with Crippen molar-refractivity contribution in [1.82, 2.24) is 4.57 Å². The maximum absolute atomic E-state index is 12.0. The van der Waals surface area contributed by atoms with Crippen molar-refractivity contribution in [2.75, 3.05) is 7.11 Å². The minimum absolute atomic E-state index is 0.339. The number of ether oxygens (including phenoxy) is 1. The zero-order valence-electron chi connectivity index (χ0n) is 13.9. The van der Waals surface area contributed by atoms with E-state index in [2.05, 4.69) is 20.4 Å². The molecule has 1 aromatic heterocycles. The first-order valence-electron chi connectivity index (χ1n) is 7.28. The van der Waals surface area contributed by atoms with E-state index < -0.39 is 0 Å². The number of carbonyl (C=O) groups is 1. The first-order chi connectivity index (χ1) is 10.3. The van der Waals surface area contributed by atoms with E-state index in [1.165, 1.54) is 7.11 Å². The van der Waals surface area contributed by atoms with Crippen LogP contribution < -0.4 is 0 Å². The summed E-state index contributed by atoms with van der Waals surface area (Å²) in [4.78, 5) is 12.0. The normalized spacial score (nSPS) is 12.7. The summed E-state index contributed by atoms with van der Waals surface area (Å²) in [5.41, 5.74) is 3.50. The summed E-state index contributed by atoms with van der Waals surface area (Å²) in [6.07, 6.45) is 5.78. The molecule has 0 aliphatic rings. The van der Waals surface area contributed by atoms with E-state index in [9.17, 15) is 4.79 Å². The van der Waals surface area contributed by atoms with Gasteiger partial charge in [0.2, 0.25) is 0 Å². The van der Waals surface area contributed by atoms with Gasteiger partial charge >= 0.3 is 5.97 Å². The third kappa shape index (κ3) is 4.63. The SMILES string of the molecule is C=C(Cl)/C=C(\C(C)=CC)c1cc(C(=O)OC)n(CC(C)C)c1. The lowest BCUT2D eigenvalue weighted by Crippen LogP contribution is -2.12. The first-order valence-corrected chi connectivity index (χ1v) is 7.66. The molecule has 0 saturated heterocycles. The molecular formula is C18H24ClNO2. The van der Waals surface area contributed by atoms with Gasteiger partial charge in [-0.2, -0.15) is 0 Å². The third-order valence-corrected chi connectivity index (χ3v) is 3.43. The predicted molar refractivity (Wildman–Crippen MR) is 93.0 cm³/mol. The number of carbonyl (C=O) groups excluding carboxylic acids is 1. The van der Waals surface area contributed by atoms with Crippen molar-refractivity contribution in [2.45, 2.75) is 34.2 Å². The number of allylic oxidation sites excluding steroid dienone is 5. The van der Waals surface area contributed by atoms with Crippen LogP contribution in [0.15, 0.2) is 41.6 Å². The van der Waals surface area contributed by atoms with Crippen molar-refractivity contribution in [1.29, 1.82) is 0 Å². The van der Waals surface area contributed by atoms with E-state index in [-0.39, 0.29) is 5.97 Å². The molecule has 3 nitrogen and oxygen atoms in total. The quantitative estimate of drug-likeness (QED) is 0.543. The Kier molecular flexibility index (Phi) is 6.69. The van der Waals surface area contributed by atoms with Gasteiger partial charge in [0.05, 0.1) is 7.11 Å². The standard InChI is InChI=1S/C18H24ClNO2/c1-7-13(4)16(8-14(5)19)15-9-17(18(21)22-6)20(11-15)10-12(2)3/h7-9,11-12H,5,10H2,1-4,6H3/b13-7?,16-8+. The molecule has 0 saturated carbocycles. The number of esters is 1. The summed E-state index contributed by atoms with van der Waals surface area (Å²) in [5, 5.41) is 0.451. The minimum Gasteiger partial charge on any atom is -0.464 e. The van der Waals surface area contributed by atoms with Gasteiger partial charge in [-0.1, -0.05) is 38.1 Å². The summed E-state index contributed by atoms with van der Waals surface area (Å²) in [7, 11) is 1.39. The van der Waals surface area contributed by atoms with Gasteiger partial charge in [-0.3, -0.25) is 0 Å². The lowest BCUT2D eigenvalue weighted by Gasteiger charge is -2.10. The van der Waals surface area contributed by atoms with Crippen LogP contribution in [0, 0.1) is 5.92 Å². The van der Waals surface area contributed by atoms with Crippen LogP contribution in [0.4, 0.5) is 0 Å². The van der Waals surface area contributed by atoms with Gasteiger partial charge in [-0.25, -0.2) is 4.79 Å². The fraction of sp³-hybridized carbons (Fsp3) is 0.389. The second kappa shape index (κ2) is 8.04. The number of nitrogens with zero attached hydrogens (tertiary/aromatic N) is 1. The molecule has 0 spiro atoms.